The summed E-state index contributed by atoms with van der Waals surface area (Å²) in [6.07, 6.45) is -1.20. The van der Waals surface area contributed by atoms with E-state index < -0.39 is 17.8 Å². The number of amides is 2. The number of benzene rings is 3. The number of rotatable bonds is 5. The van der Waals surface area contributed by atoms with Crippen molar-refractivity contribution in [3.8, 4) is 16.9 Å². The van der Waals surface area contributed by atoms with Gasteiger partial charge in [-0.15, -0.1) is 0 Å². The smallest absolute Gasteiger partial charge is 0.409 e. The van der Waals surface area contributed by atoms with Gasteiger partial charge in [-0.25, -0.2) is 9.18 Å². The van der Waals surface area contributed by atoms with E-state index in [1.54, 1.807) is 30.3 Å². The van der Waals surface area contributed by atoms with Gasteiger partial charge in [0, 0.05) is 22.9 Å². The second kappa shape index (κ2) is 8.30. The number of hydrogen-bond acceptors (Lipinski definition) is 4. The molecule has 148 valence electrons. The van der Waals surface area contributed by atoms with E-state index >= 15 is 0 Å². The number of carbonyl (C=O) groups is 2. The number of ether oxygens (including phenoxy) is 1. The first kappa shape index (κ1) is 19.7. The van der Waals surface area contributed by atoms with Crippen LogP contribution in [0.2, 0.25) is 0 Å². The lowest BCUT2D eigenvalue weighted by Crippen LogP contribution is -2.13. The summed E-state index contributed by atoms with van der Waals surface area (Å²) in [5.74, 6) is -0.505. The molecule has 0 aliphatic heterocycles. The lowest BCUT2D eigenvalue weighted by Gasteiger charge is -2.12. The summed E-state index contributed by atoms with van der Waals surface area (Å²) in [6.45, 7) is 0. The maximum Gasteiger partial charge on any atom is 0.409 e. The molecular weight excluding hydrogens is 377 g/mol. The highest BCUT2D eigenvalue weighted by Crippen LogP contribution is 2.31. The molecule has 8 heteroatoms. The highest BCUT2D eigenvalue weighted by Gasteiger charge is 2.12. The predicted molar refractivity (Wildman–Crippen MR) is 109 cm³/mol. The van der Waals surface area contributed by atoms with Gasteiger partial charge in [-0.05, 0) is 54.1 Å². The number of carbonyl (C=O) groups excluding carboxylic acids is 1. The maximum absolute atomic E-state index is 14.4. The summed E-state index contributed by atoms with van der Waals surface area (Å²) < 4.78 is 19.4. The molecule has 0 aromatic heterocycles. The Bertz CT molecular complexity index is 1070. The van der Waals surface area contributed by atoms with Crippen molar-refractivity contribution in [2.75, 3.05) is 23.5 Å². The molecule has 0 saturated carbocycles. The zero-order valence-electron chi connectivity index (χ0n) is 15.4. The molecule has 2 amide bonds. The zero-order valence-corrected chi connectivity index (χ0v) is 15.4. The average molecular weight is 395 g/mol. The fraction of sp³-hybridized carbons (Fsp3) is 0.0476. The molecule has 0 heterocycles. The van der Waals surface area contributed by atoms with Crippen LogP contribution < -0.4 is 21.1 Å². The Kier molecular flexibility index (Phi) is 5.64. The Morgan fingerprint density at radius 1 is 1.00 bits per heavy atom. The number of nitrogen functional groups attached to an aromatic ring is 1. The molecule has 0 unspecified atom stereocenters. The summed E-state index contributed by atoms with van der Waals surface area (Å²) in [5, 5.41) is 13.6. The van der Waals surface area contributed by atoms with Crippen LogP contribution >= 0.6 is 0 Å². The third-order valence-corrected chi connectivity index (χ3v) is 4.19. The minimum absolute atomic E-state index is 0.307. The summed E-state index contributed by atoms with van der Waals surface area (Å²) in [7, 11) is 1.45. The van der Waals surface area contributed by atoms with E-state index in [1.807, 2.05) is 0 Å². The van der Waals surface area contributed by atoms with Crippen LogP contribution in [0, 0.1) is 5.82 Å². The number of nitrogens with one attached hydrogen (secondary N) is 2. The average Bonchev–Trinajstić information content (AvgIpc) is 2.69. The highest BCUT2D eigenvalue weighted by atomic mass is 19.1. The summed E-state index contributed by atoms with van der Waals surface area (Å²) >= 11 is 0. The van der Waals surface area contributed by atoms with Crippen molar-refractivity contribution in [3.05, 3.63) is 72.0 Å². The van der Waals surface area contributed by atoms with Crippen molar-refractivity contribution in [3.63, 3.8) is 0 Å². The topological polar surface area (TPSA) is 114 Å². The lowest BCUT2D eigenvalue weighted by atomic mass is 10.0. The Balaban J connectivity index is 1.83. The normalized spacial score (nSPS) is 10.3. The molecule has 7 nitrogen and oxygen atoms in total. The third kappa shape index (κ3) is 4.62. The van der Waals surface area contributed by atoms with E-state index in [4.69, 9.17) is 15.6 Å². The molecule has 0 bridgehead atoms. The molecule has 5 N–H and O–H groups in total. The Labute approximate surface area is 165 Å². The second-order valence-electron chi connectivity index (χ2n) is 6.11. The van der Waals surface area contributed by atoms with Crippen molar-refractivity contribution in [2.24, 2.45) is 0 Å². The van der Waals surface area contributed by atoms with Crippen LogP contribution in [0.25, 0.3) is 11.1 Å². The summed E-state index contributed by atoms with van der Waals surface area (Å²) in [6, 6.07) is 15.2. The zero-order chi connectivity index (χ0) is 21.0. The quantitative estimate of drug-likeness (QED) is 0.478. The Morgan fingerprint density at radius 3 is 2.34 bits per heavy atom. The first-order valence-corrected chi connectivity index (χ1v) is 8.52. The van der Waals surface area contributed by atoms with Crippen LogP contribution in [0.1, 0.15) is 10.4 Å². The largest absolute Gasteiger partial charge is 0.497 e. The van der Waals surface area contributed by atoms with Crippen LogP contribution in [-0.4, -0.2) is 24.2 Å². The van der Waals surface area contributed by atoms with Gasteiger partial charge in [-0.3, -0.25) is 10.1 Å². The second-order valence-corrected chi connectivity index (χ2v) is 6.11. The van der Waals surface area contributed by atoms with Gasteiger partial charge in [0.2, 0.25) is 0 Å². The van der Waals surface area contributed by atoms with Crippen LogP contribution in [0.4, 0.5) is 26.2 Å². The molecule has 0 aliphatic rings. The van der Waals surface area contributed by atoms with Gasteiger partial charge in [0.05, 0.1) is 18.5 Å². The highest BCUT2D eigenvalue weighted by molar-refractivity contribution is 6.06. The third-order valence-electron chi connectivity index (χ3n) is 4.19. The Morgan fingerprint density at radius 2 is 1.72 bits per heavy atom. The van der Waals surface area contributed by atoms with E-state index in [1.165, 1.54) is 37.4 Å². The molecule has 3 aromatic rings. The van der Waals surface area contributed by atoms with E-state index in [2.05, 4.69) is 10.6 Å². The molecule has 0 radical (unpaired) electrons. The molecule has 3 rings (SSSR count). The number of hydrogen-bond donors (Lipinski definition) is 4. The van der Waals surface area contributed by atoms with Crippen molar-refractivity contribution in [1.29, 1.82) is 0 Å². The van der Waals surface area contributed by atoms with Crippen LogP contribution in [0.5, 0.6) is 5.75 Å². The maximum atomic E-state index is 14.4. The number of anilines is 3. The fourth-order valence-electron chi connectivity index (χ4n) is 2.71. The summed E-state index contributed by atoms with van der Waals surface area (Å²) in [4.78, 5) is 23.1. The number of carboxylic acid groups (broad SMARTS) is 1. The van der Waals surface area contributed by atoms with E-state index in [0.29, 0.717) is 39.5 Å². The summed E-state index contributed by atoms with van der Waals surface area (Å²) in [5.41, 5.74) is 8.12. The van der Waals surface area contributed by atoms with Crippen LogP contribution in [-0.2, 0) is 0 Å². The van der Waals surface area contributed by atoms with Crippen molar-refractivity contribution >= 4 is 29.1 Å². The number of methoxy groups -OCH3 is 1. The van der Waals surface area contributed by atoms with Gasteiger partial charge >= 0.3 is 6.09 Å². The van der Waals surface area contributed by atoms with Crippen LogP contribution in [0.3, 0.4) is 0 Å². The fourth-order valence-corrected chi connectivity index (χ4v) is 2.71. The van der Waals surface area contributed by atoms with E-state index in [0.717, 1.165) is 0 Å². The molecule has 29 heavy (non-hydrogen) atoms. The van der Waals surface area contributed by atoms with E-state index in [-0.39, 0.29) is 0 Å². The molecule has 0 fully saturated rings. The predicted octanol–water partition coefficient (Wildman–Crippen LogP) is 4.43. The molecule has 3 aromatic carbocycles. The molecular formula is C21H18FN3O4. The number of halogens is 1. The first-order valence-electron chi connectivity index (χ1n) is 8.52. The molecule has 0 aliphatic carbocycles. The van der Waals surface area contributed by atoms with Crippen molar-refractivity contribution in [1.82, 2.24) is 0 Å². The minimum atomic E-state index is -1.20. The van der Waals surface area contributed by atoms with Gasteiger partial charge in [0.15, 0.2) is 0 Å². The Hall–Kier alpha value is -4.07. The SMILES string of the molecule is COc1ccc(-c2ccc(N)c(NC(=O)c3ccc(NC(=O)O)cc3)c2)c(F)c1. The van der Waals surface area contributed by atoms with Crippen LogP contribution in [0.15, 0.2) is 60.7 Å². The number of nitrogens with two attached hydrogens (primary N) is 1. The standard InChI is InChI=1S/C21H18FN3O4/c1-29-15-7-8-16(17(22)11-15)13-4-9-18(23)19(10-13)25-20(26)12-2-5-14(6-3-12)24-21(27)28/h2-11,24H,23H2,1H3,(H,25,26)(H,27,28). The lowest BCUT2D eigenvalue weighted by molar-refractivity contribution is 0.102. The minimum Gasteiger partial charge on any atom is -0.497 e. The van der Waals surface area contributed by atoms with E-state index in [9.17, 15) is 14.0 Å². The molecule has 0 atom stereocenters. The van der Waals surface area contributed by atoms with Gasteiger partial charge in [0.1, 0.15) is 11.6 Å². The molecule has 0 saturated heterocycles. The van der Waals surface area contributed by atoms with Crippen molar-refractivity contribution in [2.45, 2.75) is 0 Å². The first-order chi connectivity index (χ1) is 13.9. The molecule has 0 spiro atoms. The van der Waals surface area contributed by atoms with Gasteiger partial charge in [0.25, 0.3) is 5.91 Å². The van der Waals surface area contributed by atoms with Gasteiger partial charge in [-0.2, -0.15) is 0 Å². The van der Waals surface area contributed by atoms with Crippen molar-refractivity contribution < 1.29 is 23.8 Å². The van der Waals surface area contributed by atoms with Gasteiger partial charge in [-0.1, -0.05) is 6.07 Å². The monoisotopic (exact) mass is 395 g/mol. The van der Waals surface area contributed by atoms with Gasteiger partial charge < -0.3 is 20.9 Å².